The summed E-state index contributed by atoms with van der Waals surface area (Å²) < 4.78 is 25.5. The van der Waals surface area contributed by atoms with Crippen LogP contribution in [0.2, 0.25) is 0 Å². The number of rotatable bonds is 3. The predicted molar refractivity (Wildman–Crippen MR) is 95.2 cm³/mol. The van der Waals surface area contributed by atoms with Crippen LogP contribution in [0.3, 0.4) is 0 Å². The number of hydrogen-bond donors (Lipinski definition) is 1. The van der Waals surface area contributed by atoms with Crippen LogP contribution < -0.4 is 10.5 Å². The van der Waals surface area contributed by atoms with Crippen LogP contribution in [0.1, 0.15) is 29.7 Å². The molecule has 0 radical (unpaired) electrons. The van der Waals surface area contributed by atoms with Gasteiger partial charge in [0.1, 0.15) is 17.2 Å². The normalized spacial score (nSPS) is 19.3. The predicted octanol–water partition coefficient (Wildman–Crippen LogP) is 2.27. The maximum atomic E-state index is 14.1. The van der Waals surface area contributed by atoms with E-state index in [4.69, 9.17) is 15.2 Å². The number of hydrogen-bond acceptors (Lipinski definition) is 6. The lowest BCUT2D eigenvalue weighted by atomic mass is 9.83. The number of ether oxygens (including phenoxy) is 2. The van der Waals surface area contributed by atoms with Gasteiger partial charge in [-0.05, 0) is 43.0 Å². The smallest absolute Gasteiger partial charge is 0.220 e. The van der Waals surface area contributed by atoms with E-state index >= 15 is 0 Å². The van der Waals surface area contributed by atoms with E-state index in [1.165, 1.54) is 6.07 Å². The number of methoxy groups -OCH3 is 1. The van der Waals surface area contributed by atoms with Crippen LogP contribution in [0.15, 0.2) is 24.4 Å². The Kier molecular flexibility index (Phi) is 4.50. The molecule has 2 aliphatic heterocycles. The van der Waals surface area contributed by atoms with Gasteiger partial charge in [0.25, 0.3) is 0 Å². The van der Waals surface area contributed by atoms with Crippen molar-refractivity contribution in [1.82, 2.24) is 14.9 Å². The van der Waals surface area contributed by atoms with Gasteiger partial charge in [-0.3, -0.25) is 4.90 Å². The summed E-state index contributed by atoms with van der Waals surface area (Å²) in [6, 6.07) is 4.86. The summed E-state index contributed by atoms with van der Waals surface area (Å²) in [5, 5.41) is 0. The fraction of sp³-hybridized carbons (Fsp3) is 0.474. The molecular weight excluding hydrogens is 335 g/mol. The van der Waals surface area contributed by atoms with Crippen LogP contribution in [0, 0.1) is 5.82 Å². The Bertz CT molecular complexity index is 806. The zero-order chi connectivity index (χ0) is 18.1. The van der Waals surface area contributed by atoms with Crippen LogP contribution in [0.5, 0.6) is 5.75 Å². The van der Waals surface area contributed by atoms with E-state index in [9.17, 15) is 4.39 Å². The molecule has 2 N–H and O–H groups in total. The van der Waals surface area contributed by atoms with Gasteiger partial charge >= 0.3 is 0 Å². The van der Waals surface area contributed by atoms with E-state index in [-0.39, 0.29) is 11.8 Å². The molecule has 3 heterocycles. The number of nitrogens with zero attached hydrogens (tertiary/aromatic N) is 3. The number of anilines is 1. The molecule has 0 aliphatic carbocycles. The quantitative estimate of drug-likeness (QED) is 0.907. The fourth-order valence-corrected chi connectivity index (χ4v) is 3.92. The third-order valence-electron chi connectivity index (χ3n) is 5.38. The Labute approximate surface area is 152 Å². The van der Waals surface area contributed by atoms with Gasteiger partial charge in [0, 0.05) is 31.4 Å². The summed E-state index contributed by atoms with van der Waals surface area (Å²) in [5.74, 6) is 0.756. The maximum Gasteiger partial charge on any atom is 0.220 e. The van der Waals surface area contributed by atoms with Crippen molar-refractivity contribution in [1.29, 1.82) is 0 Å². The molecule has 6 nitrogen and oxygen atoms in total. The molecule has 0 bridgehead atoms. The maximum absolute atomic E-state index is 14.1. The van der Waals surface area contributed by atoms with Crippen molar-refractivity contribution in [2.75, 3.05) is 32.5 Å². The molecule has 26 heavy (non-hydrogen) atoms. The van der Waals surface area contributed by atoms with E-state index in [1.54, 1.807) is 19.2 Å². The number of piperidine rings is 1. The van der Waals surface area contributed by atoms with Gasteiger partial charge in [-0.15, -0.1) is 0 Å². The van der Waals surface area contributed by atoms with E-state index < -0.39 is 5.60 Å². The van der Waals surface area contributed by atoms with E-state index in [0.717, 1.165) is 43.6 Å². The highest BCUT2D eigenvalue weighted by Gasteiger charge is 2.42. The monoisotopic (exact) mass is 358 g/mol. The molecule has 0 unspecified atom stereocenters. The molecule has 1 saturated heterocycles. The summed E-state index contributed by atoms with van der Waals surface area (Å²) in [6.45, 7) is 2.84. The highest BCUT2D eigenvalue weighted by atomic mass is 19.1. The minimum absolute atomic E-state index is 0.203. The first kappa shape index (κ1) is 17.2. The van der Waals surface area contributed by atoms with Crippen molar-refractivity contribution < 1.29 is 13.9 Å². The first-order valence-corrected chi connectivity index (χ1v) is 8.90. The second-order valence-corrected chi connectivity index (χ2v) is 6.93. The highest BCUT2D eigenvalue weighted by molar-refractivity contribution is 5.33. The molecule has 1 aromatic heterocycles. The van der Waals surface area contributed by atoms with Gasteiger partial charge in [0.15, 0.2) is 0 Å². The number of fused-ring (bicyclic) bond motifs is 2. The number of nitrogen functional groups attached to an aromatic ring is 1. The number of likely N-dealkylation sites (tertiary alicyclic amines) is 1. The van der Waals surface area contributed by atoms with Crippen molar-refractivity contribution in [2.45, 2.75) is 31.4 Å². The molecule has 0 saturated carbocycles. The van der Waals surface area contributed by atoms with Crippen molar-refractivity contribution in [2.24, 2.45) is 0 Å². The topological polar surface area (TPSA) is 73.5 Å². The second kappa shape index (κ2) is 6.81. The molecule has 1 fully saturated rings. The Hall–Kier alpha value is -2.25. The van der Waals surface area contributed by atoms with Crippen molar-refractivity contribution >= 4 is 5.95 Å². The van der Waals surface area contributed by atoms with Crippen molar-refractivity contribution in [3.63, 3.8) is 0 Å². The second-order valence-electron chi connectivity index (χ2n) is 6.93. The van der Waals surface area contributed by atoms with E-state index in [1.807, 2.05) is 6.20 Å². The first-order chi connectivity index (χ1) is 12.6. The first-order valence-electron chi connectivity index (χ1n) is 8.90. The molecule has 4 rings (SSSR count). The molecule has 2 aliphatic rings. The average Bonchev–Trinajstić information content (AvgIpc) is 2.66. The van der Waals surface area contributed by atoms with Crippen LogP contribution in [-0.2, 0) is 23.3 Å². The van der Waals surface area contributed by atoms with Gasteiger partial charge in [0.05, 0.1) is 19.4 Å². The zero-order valence-corrected chi connectivity index (χ0v) is 14.9. The summed E-state index contributed by atoms with van der Waals surface area (Å²) in [5.41, 5.74) is 8.12. The van der Waals surface area contributed by atoms with Crippen LogP contribution in [0.25, 0.3) is 0 Å². The number of nitrogens with two attached hydrogens (primary N) is 1. The molecule has 0 amide bonds. The number of halogens is 1. The van der Waals surface area contributed by atoms with Gasteiger partial charge in [-0.2, -0.15) is 0 Å². The summed E-state index contributed by atoms with van der Waals surface area (Å²) in [4.78, 5) is 10.8. The minimum Gasteiger partial charge on any atom is -0.497 e. The lowest BCUT2D eigenvalue weighted by molar-refractivity contribution is -0.102. The lowest BCUT2D eigenvalue weighted by Crippen LogP contribution is -2.47. The summed E-state index contributed by atoms with van der Waals surface area (Å²) in [7, 11) is 1.59. The van der Waals surface area contributed by atoms with Gasteiger partial charge in [0.2, 0.25) is 5.95 Å². The fourth-order valence-electron chi connectivity index (χ4n) is 3.92. The van der Waals surface area contributed by atoms with E-state index in [0.29, 0.717) is 24.5 Å². The molecule has 138 valence electrons. The Morgan fingerprint density at radius 1 is 1.35 bits per heavy atom. The minimum atomic E-state index is -0.395. The Morgan fingerprint density at radius 3 is 2.92 bits per heavy atom. The summed E-state index contributed by atoms with van der Waals surface area (Å²) >= 11 is 0. The van der Waals surface area contributed by atoms with Crippen LogP contribution in [-0.4, -0.2) is 41.7 Å². The van der Waals surface area contributed by atoms with Crippen LogP contribution in [0.4, 0.5) is 10.3 Å². The molecule has 1 aromatic carbocycles. The van der Waals surface area contributed by atoms with Crippen molar-refractivity contribution in [3.8, 4) is 5.75 Å². The lowest BCUT2D eigenvalue weighted by Gasteiger charge is -2.44. The Balaban J connectivity index is 1.49. The van der Waals surface area contributed by atoms with Gasteiger partial charge < -0.3 is 15.2 Å². The highest BCUT2D eigenvalue weighted by Crippen LogP contribution is 2.40. The average molecular weight is 358 g/mol. The standard InChI is InChI=1S/C19H23FN4O2/c1-25-15-2-3-16(20)14(10-15)12-24-7-5-19(6-8-24)17-13(4-9-26-19)11-22-18(21)23-17/h2-3,10-11H,4-9,12H2,1H3,(H2,21,22,23). The third kappa shape index (κ3) is 3.12. The summed E-state index contributed by atoms with van der Waals surface area (Å²) in [6.07, 6.45) is 4.25. The van der Waals surface area contributed by atoms with Crippen molar-refractivity contribution in [3.05, 3.63) is 47.0 Å². The zero-order valence-electron chi connectivity index (χ0n) is 14.9. The van der Waals surface area contributed by atoms with E-state index in [2.05, 4.69) is 14.9 Å². The molecule has 0 atom stereocenters. The Morgan fingerprint density at radius 2 is 2.15 bits per heavy atom. The SMILES string of the molecule is COc1ccc(F)c(CN2CCC3(CC2)OCCc2cnc(N)nc23)c1. The molecule has 2 aromatic rings. The largest absolute Gasteiger partial charge is 0.497 e. The number of aromatic nitrogens is 2. The number of benzene rings is 1. The molecular formula is C19H23FN4O2. The molecule has 7 heteroatoms. The molecule has 1 spiro atoms. The third-order valence-corrected chi connectivity index (χ3v) is 5.38. The van der Waals surface area contributed by atoms with Crippen LogP contribution >= 0.6 is 0 Å². The van der Waals surface area contributed by atoms with Gasteiger partial charge in [-0.1, -0.05) is 0 Å². The van der Waals surface area contributed by atoms with Gasteiger partial charge in [-0.25, -0.2) is 14.4 Å².